The second-order valence-electron chi connectivity index (χ2n) is 4.89. The smallest absolute Gasteiger partial charge is 0.404 e. The summed E-state index contributed by atoms with van der Waals surface area (Å²) in [6, 6.07) is 7.96. The van der Waals surface area contributed by atoms with E-state index < -0.39 is 6.09 Å². The summed E-state index contributed by atoms with van der Waals surface area (Å²) in [7, 11) is 0. The van der Waals surface area contributed by atoms with Gasteiger partial charge in [0.25, 0.3) is 0 Å². The highest BCUT2D eigenvalue weighted by Gasteiger charge is 2.21. The van der Waals surface area contributed by atoms with Crippen LogP contribution < -0.4 is 5.73 Å². The Morgan fingerprint density at radius 1 is 1.26 bits per heavy atom. The van der Waals surface area contributed by atoms with Crippen LogP contribution in [-0.4, -0.2) is 35.3 Å². The van der Waals surface area contributed by atoms with Gasteiger partial charge in [-0.3, -0.25) is 4.90 Å². The predicted molar refractivity (Wildman–Crippen MR) is 71.3 cm³/mol. The fourth-order valence-corrected chi connectivity index (χ4v) is 2.36. The lowest BCUT2D eigenvalue weighted by molar-refractivity contribution is 0.0541. The van der Waals surface area contributed by atoms with Crippen molar-refractivity contribution in [2.75, 3.05) is 13.1 Å². The molecule has 0 spiro atoms. The number of hydrogen-bond acceptors (Lipinski definition) is 4. The Labute approximate surface area is 113 Å². The molecule has 0 unspecified atom stereocenters. The highest BCUT2D eigenvalue weighted by Crippen LogP contribution is 2.16. The fourth-order valence-electron chi connectivity index (χ4n) is 2.36. The van der Waals surface area contributed by atoms with E-state index in [0.717, 1.165) is 38.0 Å². The van der Waals surface area contributed by atoms with E-state index in [4.69, 9.17) is 15.6 Å². The second-order valence-corrected chi connectivity index (χ2v) is 4.89. The van der Waals surface area contributed by atoms with Crippen LogP contribution in [0.4, 0.5) is 4.79 Å². The second kappa shape index (κ2) is 6.54. The van der Waals surface area contributed by atoms with Crippen LogP contribution >= 0.6 is 0 Å². The molecule has 0 bridgehead atoms. The minimum absolute atomic E-state index is 0.0366. The maximum absolute atomic E-state index is 10.7. The molecule has 0 aromatic heterocycles. The number of aliphatic hydroxyl groups is 1. The van der Waals surface area contributed by atoms with Gasteiger partial charge in [0.05, 0.1) is 6.61 Å². The molecule has 1 aliphatic rings. The van der Waals surface area contributed by atoms with Crippen molar-refractivity contribution < 1.29 is 14.6 Å². The van der Waals surface area contributed by atoms with Gasteiger partial charge >= 0.3 is 6.09 Å². The molecular formula is C14H20N2O3. The van der Waals surface area contributed by atoms with Gasteiger partial charge < -0.3 is 15.6 Å². The van der Waals surface area contributed by atoms with E-state index in [1.807, 2.05) is 24.3 Å². The molecule has 104 valence electrons. The standard InChI is InChI=1S/C14H20N2O3/c15-14(18)19-13-5-7-16(8-6-13)9-11-1-3-12(10-17)4-2-11/h1-4,13,17H,5-10H2,(H2,15,18). The fraction of sp³-hybridized carbons (Fsp3) is 0.500. The van der Waals surface area contributed by atoms with Gasteiger partial charge in [-0.2, -0.15) is 0 Å². The van der Waals surface area contributed by atoms with Crippen molar-refractivity contribution in [1.29, 1.82) is 0 Å². The van der Waals surface area contributed by atoms with Gasteiger partial charge in [-0.05, 0) is 24.0 Å². The third-order valence-corrected chi connectivity index (χ3v) is 3.43. The molecule has 1 heterocycles. The van der Waals surface area contributed by atoms with E-state index >= 15 is 0 Å². The van der Waals surface area contributed by atoms with Crippen LogP contribution in [0.15, 0.2) is 24.3 Å². The maximum atomic E-state index is 10.7. The van der Waals surface area contributed by atoms with Gasteiger partial charge in [0.15, 0.2) is 0 Å². The van der Waals surface area contributed by atoms with Crippen molar-refractivity contribution in [3.8, 4) is 0 Å². The highest BCUT2D eigenvalue weighted by atomic mass is 16.6. The number of hydrogen-bond donors (Lipinski definition) is 2. The molecule has 0 saturated carbocycles. The van der Waals surface area contributed by atoms with Gasteiger partial charge in [-0.1, -0.05) is 24.3 Å². The molecule has 19 heavy (non-hydrogen) atoms. The number of primary amides is 1. The summed E-state index contributed by atoms with van der Waals surface area (Å²) in [5.74, 6) is 0. The Morgan fingerprint density at radius 3 is 2.37 bits per heavy atom. The molecule has 1 fully saturated rings. The molecule has 0 radical (unpaired) electrons. The number of rotatable bonds is 4. The summed E-state index contributed by atoms with van der Waals surface area (Å²) < 4.78 is 5.00. The van der Waals surface area contributed by atoms with Gasteiger partial charge in [0, 0.05) is 19.6 Å². The quantitative estimate of drug-likeness (QED) is 0.858. The molecule has 5 nitrogen and oxygen atoms in total. The Hall–Kier alpha value is -1.59. The van der Waals surface area contributed by atoms with Crippen molar-refractivity contribution >= 4 is 6.09 Å². The topological polar surface area (TPSA) is 75.8 Å². The lowest BCUT2D eigenvalue weighted by atomic mass is 10.1. The van der Waals surface area contributed by atoms with Crippen LogP contribution in [0.2, 0.25) is 0 Å². The van der Waals surface area contributed by atoms with Crippen LogP contribution in [0.3, 0.4) is 0 Å². The number of ether oxygens (including phenoxy) is 1. The molecule has 1 aromatic rings. The lowest BCUT2D eigenvalue weighted by Gasteiger charge is -2.31. The van der Waals surface area contributed by atoms with Gasteiger partial charge in [-0.15, -0.1) is 0 Å². The average Bonchev–Trinajstić information content (AvgIpc) is 2.41. The number of nitrogens with zero attached hydrogens (tertiary/aromatic N) is 1. The summed E-state index contributed by atoms with van der Waals surface area (Å²) in [4.78, 5) is 13.0. The minimum atomic E-state index is -0.682. The first kappa shape index (κ1) is 13.8. The predicted octanol–water partition coefficient (Wildman–Crippen LogP) is 1.24. The molecule has 5 heteroatoms. The van der Waals surface area contributed by atoms with E-state index in [9.17, 15) is 4.79 Å². The molecule has 1 amide bonds. The largest absolute Gasteiger partial charge is 0.446 e. The molecular weight excluding hydrogens is 244 g/mol. The molecule has 0 atom stereocenters. The zero-order valence-electron chi connectivity index (χ0n) is 10.9. The lowest BCUT2D eigenvalue weighted by Crippen LogP contribution is -2.38. The number of piperidine rings is 1. The van der Waals surface area contributed by atoms with E-state index in [1.54, 1.807) is 0 Å². The summed E-state index contributed by atoms with van der Waals surface area (Å²) >= 11 is 0. The van der Waals surface area contributed by atoms with E-state index in [0.29, 0.717) is 0 Å². The normalized spacial score (nSPS) is 17.3. The van der Waals surface area contributed by atoms with Crippen LogP contribution in [0.1, 0.15) is 24.0 Å². The zero-order chi connectivity index (χ0) is 13.7. The van der Waals surface area contributed by atoms with Crippen molar-refractivity contribution in [2.45, 2.75) is 32.1 Å². The van der Waals surface area contributed by atoms with Crippen molar-refractivity contribution in [3.05, 3.63) is 35.4 Å². The molecule has 3 N–H and O–H groups in total. The van der Waals surface area contributed by atoms with Gasteiger partial charge in [0.1, 0.15) is 6.10 Å². The molecule has 2 rings (SSSR count). The number of aliphatic hydroxyl groups excluding tert-OH is 1. The Kier molecular flexibility index (Phi) is 4.76. The van der Waals surface area contributed by atoms with E-state index in [-0.39, 0.29) is 12.7 Å². The molecule has 1 aromatic carbocycles. The Bertz CT molecular complexity index is 411. The Morgan fingerprint density at radius 2 is 1.84 bits per heavy atom. The molecule has 1 aliphatic heterocycles. The minimum Gasteiger partial charge on any atom is -0.446 e. The monoisotopic (exact) mass is 264 g/mol. The van der Waals surface area contributed by atoms with Crippen LogP contribution in [0, 0.1) is 0 Å². The van der Waals surface area contributed by atoms with Crippen LogP contribution in [0.25, 0.3) is 0 Å². The van der Waals surface area contributed by atoms with Crippen LogP contribution in [-0.2, 0) is 17.9 Å². The number of benzene rings is 1. The molecule has 0 aliphatic carbocycles. The summed E-state index contributed by atoms with van der Waals surface area (Å²) in [6.07, 6.45) is 0.943. The highest BCUT2D eigenvalue weighted by molar-refractivity contribution is 5.64. The first-order valence-corrected chi connectivity index (χ1v) is 6.54. The average molecular weight is 264 g/mol. The van der Waals surface area contributed by atoms with Gasteiger partial charge in [-0.25, -0.2) is 4.79 Å². The maximum Gasteiger partial charge on any atom is 0.404 e. The van der Waals surface area contributed by atoms with Gasteiger partial charge in [0.2, 0.25) is 0 Å². The number of carbonyl (C=O) groups excluding carboxylic acids is 1. The van der Waals surface area contributed by atoms with Crippen LogP contribution in [0.5, 0.6) is 0 Å². The van der Waals surface area contributed by atoms with E-state index in [1.165, 1.54) is 5.56 Å². The third-order valence-electron chi connectivity index (χ3n) is 3.43. The molecule has 1 saturated heterocycles. The third kappa shape index (κ3) is 4.22. The van der Waals surface area contributed by atoms with Crippen molar-refractivity contribution in [3.63, 3.8) is 0 Å². The zero-order valence-corrected chi connectivity index (χ0v) is 10.9. The summed E-state index contributed by atoms with van der Waals surface area (Å²) in [5, 5.41) is 8.99. The number of likely N-dealkylation sites (tertiary alicyclic amines) is 1. The number of carbonyl (C=O) groups is 1. The van der Waals surface area contributed by atoms with Crippen molar-refractivity contribution in [2.24, 2.45) is 5.73 Å². The first-order chi connectivity index (χ1) is 9.17. The summed E-state index contributed by atoms with van der Waals surface area (Å²) in [5.41, 5.74) is 7.17. The number of amides is 1. The van der Waals surface area contributed by atoms with E-state index in [2.05, 4.69) is 4.90 Å². The van der Waals surface area contributed by atoms with Crippen molar-refractivity contribution in [1.82, 2.24) is 4.90 Å². The SMILES string of the molecule is NC(=O)OC1CCN(Cc2ccc(CO)cc2)CC1. The number of nitrogens with two attached hydrogens (primary N) is 1. The summed E-state index contributed by atoms with van der Waals surface area (Å²) in [6.45, 7) is 2.77. The first-order valence-electron chi connectivity index (χ1n) is 6.54. The Balaban J connectivity index is 1.80.